The fourth-order valence-electron chi connectivity index (χ4n) is 5.28. The van der Waals surface area contributed by atoms with Crippen LogP contribution in [0.25, 0.3) is 22.0 Å². The molecule has 3 heterocycles. The van der Waals surface area contributed by atoms with Gasteiger partial charge in [-0.2, -0.15) is 0 Å². The highest BCUT2D eigenvalue weighted by atomic mass is 16.6. The molecule has 0 bridgehead atoms. The lowest BCUT2D eigenvalue weighted by atomic mass is 10.0. The maximum Gasteiger partial charge on any atom is 0.409 e. The Kier molecular flexibility index (Phi) is 6.84. The predicted molar refractivity (Wildman–Crippen MR) is 153 cm³/mol. The van der Waals surface area contributed by atoms with E-state index in [0.29, 0.717) is 50.6 Å². The number of hydrogen-bond acceptors (Lipinski definition) is 5. The highest BCUT2D eigenvalue weighted by Crippen LogP contribution is 2.35. The number of aromatic nitrogens is 1. The van der Waals surface area contributed by atoms with Crippen LogP contribution < -0.4 is 15.0 Å². The number of hydrogen-bond donors (Lipinski definition) is 2. The number of nitrogens with zero attached hydrogens (tertiary/aromatic N) is 2. The maximum absolute atomic E-state index is 13.9. The van der Waals surface area contributed by atoms with Crippen molar-refractivity contribution in [2.75, 3.05) is 43.1 Å². The summed E-state index contributed by atoms with van der Waals surface area (Å²) in [5.74, 6) is 0.588. The zero-order valence-corrected chi connectivity index (χ0v) is 22.0. The van der Waals surface area contributed by atoms with Gasteiger partial charge in [0.05, 0.1) is 24.5 Å². The van der Waals surface area contributed by atoms with Gasteiger partial charge in [-0.25, -0.2) is 4.79 Å². The van der Waals surface area contributed by atoms with Crippen molar-refractivity contribution in [2.24, 2.45) is 0 Å². The van der Waals surface area contributed by atoms with Crippen LogP contribution in [0.2, 0.25) is 0 Å². The second kappa shape index (κ2) is 10.7. The van der Waals surface area contributed by atoms with Gasteiger partial charge in [-0.15, -0.1) is 0 Å². The topological polar surface area (TPSA) is 86.9 Å². The quantitative estimate of drug-likeness (QED) is 0.294. The molecule has 0 aliphatic carbocycles. The van der Waals surface area contributed by atoms with Gasteiger partial charge in [-0.05, 0) is 79.2 Å². The number of aromatic amines is 1. The Morgan fingerprint density at radius 3 is 2.85 bits per heavy atom. The Bertz CT molecular complexity index is 1510. The van der Waals surface area contributed by atoms with Crippen LogP contribution >= 0.6 is 0 Å². The Balaban J connectivity index is 1.29. The average molecular weight is 525 g/mol. The number of benzene rings is 3. The van der Waals surface area contributed by atoms with E-state index >= 15 is 0 Å². The van der Waals surface area contributed by atoms with E-state index in [1.54, 1.807) is 4.90 Å². The van der Waals surface area contributed by atoms with Crippen LogP contribution in [0.5, 0.6) is 5.75 Å². The molecule has 39 heavy (non-hydrogen) atoms. The summed E-state index contributed by atoms with van der Waals surface area (Å²) in [7, 11) is 0. The molecule has 0 unspecified atom stereocenters. The molecule has 8 nitrogen and oxygen atoms in total. The Hall–Kier alpha value is -4.46. The van der Waals surface area contributed by atoms with Crippen molar-refractivity contribution < 1.29 is 19.1 Å². The van der Waals surface area contributed by atoms with Crippen molar-refractivity contribution in [3.8, 4) is 16.9 Å². The largest absolute Gasteiger partial charge is 0.493 e. The lowest BCUT2D eigenvalue weighted by Gasteiger charge is -2.23. The molecule has 1 fully saturated rings. The molecule has 1 saturated heterocycles. The van der Waals surface area contributed by atoms with Gasteiger partial charge in [0.2, 0.25) is 0 Å². The van der Waals surface area contributed by atoms with E-state index in [9.17, 15) is 9.59 Å². The Morgan fingerprint density at radius 1 is 1.08 bits per heavy atom. The normalized spacial score (nSPS) is 16.9. The molecule has 2 N–H and O–H groups in total. The molecular formula is C31H32N4O4. The molecule has 1 atom stereocenters. The summed E-state index contributed by atoms with van der Waals surface area (Å²) in [4.78, 5) is 32.4. The van der Waals surface area contributed by atoms with Gasteiger partial charge in [-0.3, -0.25) is 4.79 Å². The molecule has 0 radical (unpaired) electrons. The van der Waals surface area contributed by atoms with Gasteiger partial charge in [0.1, 0.15) is 12.4 Å². The number of fused-ring (bicyclic) bond motifs is 2. The first-order valence-electron chi connectivity index (χ1n) is 13.5. The van der Waals surface area contributed by atoms with Gasteiger partial charge in [0.15, 0.2) is 0 Å². The third kappa shape index (κ3) is 5.14. The maximum atomic E-state index is 13.9. The zero-order chi connectivity index (χ0) is 26.8. The number of carbonyl (C=O) groups excluding carboxylic acids is 2. The number of H-pyrrole nitrogens is 1. The predicted octanol–water partition coefficient (Wildman–Crippen LogP) is 5.91. The monoisotopic (exact) mass is 524 g/mol. The van der Waals surface area contributed by atoms with Crippen LogP contribution in [0.1, 0.15) is 30.1 Å². The number of ether oxygens (including phenoxy) is 2. The number of amides is 2. The fourth-order valence-corrected chi connectivity index (χ4v) is 5.28. The molecule has 4 aromatic rings. The lowest BCUT2D eigenvalue weighted by molar-refractivity contribution is 0.0986. The van der Waals surface area contributed by atoms with E-state index in [4.69, 9.17) is 9.47 Å². The molecule has 3 aromatic carbocycles. The van der Waals surface area contributed by atoms with Crippen molar-refractivity contribution in [1.82, 2.24) is 9.88 Å². The molecule has 2 amide bonds. The van der Waals surface area contributed by atoms with Crippen LogP contribution in [0.15, 0.2) is 72.9 Å². The molecule has 1 aromatic heterocycles. The number of cyclic esters (lactones) is 1. The summed E-state index contributed by atoms with van der Waals surface area (Å²) in [5.41, 5.74) is 5.41. The van der Waals surface area contributed by atoms with Crippen LogP contribution in [0.4, 0.5) is 16.2 Å². The first-order valence-corrected chi connectivity index (χ1v) is 13.5. The van der Waals surface area contributed by atoms with Crippen molar-refractivity contribution in [3.63, 3.8) is 0 Å². The molecule has 8 heteroatoms. The van der Waals surface area contributed by atoms with Crippen molar-refractivity contribution in [3.05, 3.63) is 78.5 Å². The van der Waals surface area contributed by atoms with Gasteiger partial charge in [0.25, 0.3) is 5.91 Å². The second-order valence-corrected chi connectivity index (χ2v) is 10.1. The summed E-state index contributed by atoms with van der Waals surface area (Å²) in [6, 6.07) is 22.2. The number of carbonyl (C=O) groups is 2. The van der Waals surface area contributed by atoms with Crippen LogP contribution in [0.3, 0.4) is 0 Å². The fraction of sp³-hybridized carbons (Fsp3) is 0.290. The molecule has 2 aliphatic rings. The molecule has 0 spiro atoms. The van der Waals surface area contributed by atoms with Crippen LogP contribution in [-0.4, -0.2) is 60.8 Å². The van der Waals surface area contributed by atoms with Crippen molar-refractivity contribution in [2.45, 2.75) is 25.8 Å². The molecule has 2 aliphatic heterocycles. The number of nitrogens with one attached hydrogen (secondary N) is 2. The van der Waals surface area contributed by atoms with Gasteiger partial charge in [0, 0.05) is 42.0 Å². The smallest absolute Gasteiger partial charge is 0.409 e. The first-order chi connectivity index (χ1) is 19.1. The third-order valence-electron chi connectivity index (χ3n) is 7.40. The Morgan fingerprint density at radius 2 is 1.97 bits per heavy atom. The van der Waals surface area contributed by atoms with Gasteiger partial charge < -0.3 is 29.6 Å². The molecule has 0 saturated carbocycles. The highest BCUT2D eigenvalue weighted by molar-refractivity contribution is 6.08. The minimum atomic E-state index is -0.273. The van der Waals surface area contributed by atoms with E-state index in [-0.39, 0.29) is 18.0 Å². The van der Waals surface area contributed by atoms with E-state index in [1.165, 1.54) is 0 Å². The van der Waals surface area contributed by atoms with E-state index in [1.807, 2.05) is 59.6 Å². The number of anilines is 2. The zero-order valence-electron chi connectivity index (χ0n) is 22.0. The minimum absolute atomic E-state index is 0.0596. The van der Waals surface area contributed by atoms with Crippen molar-refractivity contribution in [1.29, 1.82) is 0 Å². The number of rotatable bonds is 7. The standard InChI is InChI=1S/C31H32N4O4/c1-21-12-15-35(28-6-3-2-5-27(28)33-21)30(36)24-7-9-25(22-8-10-26-23(19-22)11-13-32-26)29(20-24)38-17-4-14-34-16-18-39-31(34)37/h2-3,5-11,13,19-21,32-33H,4,12,14-18H2,1H3/t21-/m0/s1. The van der Waals surface area contributed by atoms with Gasteiger partial charge >= 0.3 is 6.09 Å². The summed E-state index contributed by atoms with van der Waals surface area (Å²) in [6.45, 7) is 4.78. The average Bonchev–Trinajstić information content (AvgIpc) is 3.55. The van der Waals surface area contributed by atoms with E-state index in [2.05, 4.69) is 35.4 Å². The molecular weight excluding hydrogens is 492 g/mol. The lowest BCUT2D eigenvalue weighted by Crippen LogP contribution is -2.32. The second-order valence-electron chi connectivity index (χ2n) is 10.1. The highest BCUT2D eigenvalue weighted by Gasteiger charge is 2.25. The van der Waals surface area contributed by atoms with Crippen molar-refractivity contribution >= 4 is 34.3 Å². The summed E-state index contributed by atoms with van der Waals surface area (Å²) in [5, 5.41) is 4.62. The molecule has 200 valence electrons. The molecule has 6 rings (SSSR count). The van der Waals surface area contributed by atoms with E-state index < -0.39 is 0 Å². The summed E-state index contributed by atoms with van der Waals surface area (Å²) >= 11 is 0. The Labute approximate surface area is 227 Å². The first kappa shape index (κ1) is 24.9. The summed E-state index contributed by atoms with van der Waals surface area (Å²) in [6.07, 6.45) is 3.15. The van der Waals surface area contributed by atoms with Gasteiger partial charge in [-0.1, -0.05) is 18.2 Å². The van der Waals surface area contributed by atoms with Crippen LogP contribution in [0, 0.1) is 0 Å². The number of para-hydroxylation sites is 2. The third-order valence-corrected chi connectivity index (χ3v) is 7.40. The summed E-state index contributed by atoms with van der Waals surface area (Å²) < 4.78 is 11.3. The minimum Gasteiger partial charge on any atom is -0.493 e. The van der Waals surface area contributed by atoms with E-state index in [0.717, 1.165) is 39.8 Å². The SMILES string of the molecule is C[C@H]1CCN(C(=O)c2ccc(-c3ccc4[nH]ccc4c3)c(OCCCN3CCOC3=O)c2)c2ccccc2N1. The van der Waals surface area contributed by atoms with Crippen LogP contribution in [-0.2, 0) is 4.74 Å².